The summed E-state index contributed by atoms with van der Waals surface area (Å²) in [5, 5.41) is 0. The Bertz CT molecular complexity index is 942. The van der Waals surface area contributed by atoms with Crippen LogP contribution in [0.5, 0.6) is 0 Å². The molecule has 0 N–H and O–H groups in total. The van der Waals surface area contributed by atoms with Crippen LogP contribution in [0.1, 0.15) is 25.0 Å². The lowest BCUT2D eigenvalue weighted by Crippen LogP contribution is -2.45. The zero-order valence-electron chi connectivity index (χ0n) is 18.2. The molecule has 0 aliphatic carbocycles. The van der Waals surface area contributed by atoms with E-state index in [1.54, 1.807) is 0 Å². The number of imide groups is 1. The van der Waals surface area contributed by atoms with E-state index in [1.165, 1.54) is 16.0 Å². The molecule has 31 heavy (non-hydrogen) atoms. The van der Waals surface area contributed by atoms with Crippen LogP contribution in [0.25, 0.3) is 0 Å². The van der Waals surface area contributed by atoms with Crippen LogP contribution < -0.4 is 0 Å². The zero-order chi connectivity index (χ0) is 21.8. The first-order chi connectivity index (χ1) is 15.1. The Labute approximate surface area is 184 Å². The normalized spacial score (nSPS) is 24.5. The smallest absolute Gasteiger partial charge is 0.416 e. The molecule has 2 aliphatic heterocycles. The summed E-state index contributed by atoms with van der Waals surface area (Å²) in [6, 6.07) is 20.0. The predicted molar refractivity (Wildman–Crippen MR) is 120 cm³/mol. The van der Waals surface area contributed by atoms with Crippen molar-refractivity contribution in [2.45, 2.75) is 32.9 Å². The first-order valence-corrected chi connectivity index (χ1v) is 11.0. The van der Waals surface area contributed by atoms with Gasteiger partial charge in [-0.05, 0) is 31.4 Å². The molecule has 5 heteroatoms. The first-order valence-electron chi connectivity index (χ1n) is 11.0. The largest absolute Gasteiger partial charge is 0.447 e. The Hall–Kier alpha value is -2.92. The van der Waals surface area contributed by atoms with E-state index in [1.807, 2.05) is 55.5 Å². The third kappa shape index (κ3) is 4.72. The van der Waals surface area contributed by atoms with Gasteiger partial charge in [-0.15, -0.1) is 0 Å². The number of cyclic esters (lactones) is 1. The van der Waals surface area contributed by atoms with Crippen molar-refractivity contribution in [3.05, 3.63) is 83.4 Å². The second-order valence-electron chi connectivity index (χ2n) is 8.55. The van der Waals surface area contributed by atoms with Crippen LogP contribution >= 0.6 is 0 Å². The number of hydrogen-bond acceptors (Lipinski definition) is 4. The van der Waals surface area contributed by atoms with Gasteiger partial charge >= 0.3 is 6.09 Å². The number of benzene rings is 2. The molecule has 0 spiro atoms. The summed E-state index contributed by atoms with van der Waals surface area (Å²) in [5.41, 5.74) is 3.53. The highest BCUT2D eigenvalue weighted by molar-refractivity contribution is 5.95. The van der Waals surface area contributed by atoms with Crippen molar-refractivity contribution < 1.29 is 14.3 Å². The van der Waals surface area contributed by atoms with Crippen molar-refractivity contribution in [3.8, 4) is 0 Å². The molecule has 2 aromatic rings. The van der Waals surface area contributed by atoms with E-state index in [0.29, 0.717) is 13.0 Å². The summed E-state index contributed by atoms with van der Waals surface area (Å²) in [7, 11) is 0. The average molecular weight is 419 g/mol. The maximum atomic E-state index is 13.7. The topological polar surface area (TPSA) is 49.9 Å². The highest BCUT2D eigenvalue weighted by Crippen LogP contribution is 2.33. The summed E-state index contributed by atoms with van der Waals surface area (Å²) >= 11 is 0. The molecule has 4 rings (SSSR count). The van der Waals surface area contributed by atoms with Crippen molar-refractivity contribution in [2.24, 2.45) is 11.8 Å². The van der Waals surface area contributed by atoms with Gasteiger partial charge in [0.2, 0.25) is 5.91 Å². The first kappa shape index (κ1) is 21.3. The fraction of sp³-hybridized carbons (Fsp3) is 0.385. The van der Waals surface area contributed by atoms with E-state index < -0.39 is 6.09 Å². The van der Waals surface area contributed by atoms with Crippen LogP contribution in [-0.2, 0) is 22.5 Å². The van der Waals surface area contributed by atoms with Crippen molar-refractivity contribution in [3.63, 3.8) is 0 Å². The lowest BCUT2D eigenvalue weighted by molar-refractivity contribution is -0.133. The van der Waals surface area contributed by atoms with Crippen molar-refractivity contribution in [2.75, 3.05) is 19.7 Å². The molecule has 2 heterocycles. The van der Waals surface area contributed by atoms with Crippen LogP contribution in [-0.4, -0.2) is 47.5 Å². The number of nitrogens with zero attached hydrogens (tertiary/aromatic N) is 2. The number of carbonyl (C=O) groups excluding carboxylic acids is 2. The lowest BCUT2D eigenvalue weighted by atomic mass is 9.88. The van der Waals surface area contributed by atoms with Gasteiger partial charge in [-0.2, -0.15) is 0 Å². The molecule has 2 aromatic carbocycles. The number of carbonyl (C=O) groups is 2. The number of amides is 2. The molecule has 0 bridgehead atoms. The quantitative estimate of drug-likeness (QED) is 0.657. The van der Waals surface area contributed by atoms with Gasteiger partial charge in [0.15, 0.2) is 0 Å². The summed E-state index contributed by atoms with van der Waals surface area (Å²) in [4.78, 5) is 29.9. The number of hydrogen-bond donors (Lipinski definition) is 0. The standard InChI is InChI=1S/C26H30N2O3/c1-3-19(2)23-16-27(15-21-12-8-5-9-13-21)17-24(23)25(29)28-22(18-31-26(28)30)14-20-10-6-4-7-11-20/h3-13,22-24H,14-18H2,1-2H3/b19-3+/t22-,23?,24?/m0/s1. The van der Waals surface area contributed by atoms with Gasteiger partial charge in [0, 0.05) is 25.6 Å². The maximum absolute atomic E-state index is 13.7. The molecule has 0 radical (unpaired) electrons. The van der Waals surface area contributed by atoms with Crippen molar-refractivity contribution in [1.82, 2.24) is 9.80 Å². The van der Waals surface area contributed by atoms with E-state index in [0.717, 1.165) is 18.7 Å². The molecule has 0 saturated carbocycles. The second-order valence-corrected chi connectivity index (χ2v) is 8.55. The number of likely N-dealkylation sites (tertiary alicyclic amines) is 1. The second kappa shape index (κ2) is 9.48. The molecule has 2 fully saturated rings. The predicted octanol–water partition coefficient (Wildman–Crippen LogP) is 4.29. The van der Waals surface area contributed by atoms with Crippen LogP contribution in [0.3, 0.4) is 0 Å². The zero-order valence-corrected chi connectivity index (χ0v) is 18.2. The van der Waals surface area contributed by atoms with E-state index in [-0.39, 0.29) is 30.4 Å². The molecule has 2 amide bonds. The van der Waals surface area contributed by atoms with Gasteiger partial charge in [-0.3, -0.25) is 9.69 Å². The summed E-state index contributed by atoms with van der Waals surface area (Å²) in [6.45, 7) is 6.61. The van der Waals surface area contributed by atoms with E-state index in [4.69, 9.17) is 4.74 Å². The molecular weight excluding hydrogens is 388 g/mol. The van der Waals surface area contributed by atoms with Gasteiger partial charge in [0.1, 0.15) is 6.61 Å². The van der Waals surface area contributed by atoms with Gasteiger partial charge in [0.25, 0.3) is 0 Å². The minimum atomic E-state index is -0.510. The molecule has 2 aliphatic rings. The molecular formula is C26H30N2O3. The molecule has 5 nitrogen and oxygen atoms in total. The molecule has 3 atom stereocenters. The van der Waals surface area contributed by atoms with Crippen LogP contribution in [0.2, 0.25) is 0 Å². The number of ether oxygens (including phenoxy) is 1. The molecule has 162 valence electrons. The average Bonchev–Trinajstić information content (AvgIpc) is 3.38. The van der Waals surface area contributed by atoms with Gasteiger partial charge in [0.05, 0.1) is 12.0 Å². The van der Waals surface area contributed by atoms with Gasteiger partial charge in [-0.25, -0.2) is 9.69 Å². The Morgan fingerprint density at radius 2 is 1.61 bits per heavy atom. The Kier molecular flexibility index (Phi) is 6.52. The summed E-state index contributed by atoms with van der Waals surface area (Å²) in [6.07, 6.45) is 2.19. The van der Waals surface area contributed by atoms with E-state index in [2.05, 4.69) is 30.0 Å². The highest BCUT2D eigenvalue weighted by Gasteiger charge is 2.46. The minimum Gasteiger partial charge on any atom is -0.447 e. The van der Waals surface area contributed by atoms with Crippen molar-refractivity contribution in [1.29, 1.82) is 0 Å². The summed E-state index contributed by atoms with van der Waals surface area (Å²) in [5.74, 6) is -0.249. The van der Waals surface area contributed by atoms with Crippen molar-refractivity contribution >= 4 is 12.0 Å². The number of rotatable bonds is 6. The van der Waals surface area contributed by atoms with Gasteiger partial charge in [-0.1, -0.05) is 72.3 Å². The Morgan fingerprint density at radius 3 is 2.26 bits per heavy atom. The van der Waals surface area contributed by atoms with Crippen LogP contribution in [0.15, 0.2) is 72.3 Å². The minimum absolute atomic E-state index is 0.104. The third-order valence-electron chi connectivity index (χ3n) is 6.51. The lowest BCUT2D eigenvalue weighted by Gasteiger charge is -2.26. The SMILES string of the molecule is C/C=C(\C)C1CN(Cc2ccccc2)CC1C(=O)N1C(=O)OC[C@@H]1Cc1ccccc1. The van der Waals surface area contributed by atoms with Crippen LogP contribution in [0.4, 0.5) is 4.79 Å². The fourth-order valence-electron chi connectivity index (χ4n) is 4.73. The highest BCUT2D eigenvalue weighted by atomic mass is 16.6. The Balaban J connectivity index is 1.53. The number of allylic oxidation sites excluding steroid dienone is 1. The Morgan fingerprint density at radius 1 is 1.00 bits per heavy atom. The summed E-state index contributed by atoms with van der Waals surface area (Å²) < 4.78 is 5.31. The van der Waals surface area contributed by atoms with Gasteiger partial charge < -0.3 is 4.74 Å². The van der Waals surface area contributed by atoms with E-state index in [9.17, 15) is 9.59 Å². The molecule has 2 saturated heterocycles. The maximum Gasteiger partial charge on any atom is 0.416 e. The third-order valence-corrected chi connectivity index (χ3v) is 6.51. The van der Waals surface area contributed by atoms with E-state index >= 15 is 0 Å². The van der Waals surface area contributed by atoms with Crippen LogP contribution in [0, 0.1) is 11.8 Å². The monoisotopic (exact) mass is 418 g/mol. The molecule has 0 aromatic heterocycles. The fourth-order valence-corrected chi connectivity index (χ4v) is 4.73. The molecule has 2 unspecified atom stereocenters.